The number of benzene rings is 1. The Morgan fingerprint density at radius 3 is 2.36 bits per heavy atom. The molecule has 0 unspecified atom stereocenters. The first-order valence-electron chi connectivity index (χ1n) is 7.85. The Kier molecular flexibility index (Phi) is 11.5. The van der Waals surface area contributed by atoms with E-state index >= 15 is 0 Å². The summed E-state index contributed by atoms with van der Waals surface area (Å²) in [7, 11) is 3.75. The first-order chi connectivity index (χ1) is 10.5. The second kappa shape index (κ2) is 12.2. The van der Waals surface area contributed by atoms with Gasteiger partial charge in [-0.1, -0.05) is 6.92 Å². The van der Waals surface area contributed by atoms with Crippen molar-refractivity contribution in [1.29, 1.82) is 0 Å². The minimum absolute atomic E-state index is 0.0123. The van der Waals surface area contributed by atoms with Gasteiger partial charge in [0.1, 0.15) is 12.4 Å². The third-order valence-corrected chi connectivity index (χ3v) is 2.52. The van der Waals surface area contributed by atoms with E-state index in [4.69, 9.17) is 9.47 Å². The number of hydrogen-bond acceptors (Lipinski definition) is 4. The summed E-state index contributed by atoms with van der Waals surface area (Å²) in [5.74, 6) is 0.806. The second-order valence-corrected chi connectivity index (χ2v) is 5.32. The number of ether oxygens (including phenoxy) is 2. The number of rotatable bonds is 8. The zero-order valence-corrected chi connectivity index (χ0v) is 14.8. The highest BCUT2D eigenvalue weighted by atomic mass is 19.1. The van der Waals surface area contributed by atoms with E-state index in [-0.39, 0.29) is 11.9 Å². The van der Waals surface area contributed by atoms with Crippen molar-refractivity contribution in [2.24, 2.45) is 0 Å². The highest BCUT2D eigenvalue weighted by Gasteiger charge is 2.12. The minimum Gasteiger partial charge on any atom is -0.488 e. The maximum absolute atomic E-state index is 13.4. The summed E-state index contributed by atoms with van der Waals surface area (Å²) in [5.41, 5.74) is 0.756. The van der Waals surface area contributed by atoms with E-state index < -0.39 is 0 Å². The highest BCUT2D eigenvalue weighted by Crippen LogP contribution is 2.32. The van der Waals surface area contributed by atoms with Gasteiger partial charge in [0.05, 0.1) is 6.10 Å². The Labute approximate surface area is 134 Å². The van der Waals surface area contributed by atoms with Crippen molar-refractivity contribution in [1.82, 2.24) is 10.6 Å². The summed E-state index contributed by atoms with van der Waals surface area (Å²) in [5, 5.41) is 6.01. The number of aryl methyl sites for hydroxylation is 1. The molecule has 0 aliphatic rings. The fourth-order valence-electron chi connectivity index (χ4n) is 1.75. The average molecular weight is 314 g/mol. The number of halogens is 1. The van der Waals surface area contributed by atoms with Gasteiger partial charge in [0.2, 0.25) is 0 Å². The standard InChI is InChI=1S/C15H24FNO2.C2H7N/c1-5-6-17-7-8-18-15-12(4)9-13(16)10-14(15)19-11(2)3;1-3-2/h9-11,17H,5-8H2,1-4H3;3H,1-2H3. The van der Waals surface area contributed by atoms with Crippen LogP contribution in [0, 0.1) is 12.7 Å². The highest BCUT2D eigenvalue weighted by molar-refractivity contribution is 5.46. The molecule has 0 aromatic heterocycles. The van der Waals surface area contributed by atoms with E-state index in [1.165, 1.54) is 12.1 Å². The maximum atomic E-state index is 13.4. The van der Waals surface area contributed by atoms with Crippen molar-refractivity contribution < 1.29 is 13.9 Å². The van der Waals surface area contributed by atoms with Crippen molar-refractivity contribution in [3.05, 3.63) is 23.5 Å². The van der Waals surface area contributed by atoms with Crippen molar-refractivity contribution >= 4 is 0 Å². The van der Waals surface area contributed by atoms with Gasteiger partial charge in [0.25, 0.3) is 0 Å². The molecule has 1 rings (SSSR count). The minimum atomic E-state index is -0.301. The van der Waals surface area contributed by atoms with Gasteiger partial charge in [0.15, 0.2) is 11.5 Å². The summed E-state index contributed by atoms with van der Waals surface area (Å²) in [6.45, 7) is 10.0. The van der Waals surface area contributed by atoms with Crippen LogP contribution in [0.15, 0.2) is 12.1 Å². The van der Waals surface area contributed by atoms with Gasteiger partial charge in [-0.25, -0.2) is 4.39 Å². The molecule has 22 heavy (non-hydrogen) atoms. The molecule has 128 valence electrons. The van der Waals surface area contributed by atoms with Crippen molar-refractivity contribution in [3.63, 3.8) is 0 Å². The lowest BCUT2D eigenvalue weighted by atomic mass is 10.2. The molecular weight excluding hydrogens is 283 g/mol. The normalized spacial score (nSPS) is 10.2. The SMILES string of the molecule is CCCNCCOc1c(C)cc(F)cc1OC(C)C.CNC. The van der Waals surface area contributed by atoms with Gasteiger partial charge in [-0.05, 0) is 59.5 Å². The zero-order chi connectivity index (χ0) is 17.0. The maximum Gasteiger partial charge on any atom is 0.164 e. The van der Waals surface area contributed by atoms with Gasteiger partial charge < -0.3 is 20.1 Å². The predicted molar refractivity (Wildman–Crippen MR) is 90.5 cm³/mol. The van der Waals surface area contributed by atoms with Crippen molar-refractivity contribution in [2.75, 3.05) is 33.8 Å². The van der Waals surface area contributed by atoms with Crippen LogP contribution in [-0.4, -0.2) is 39.9 Å². The van der Waals surface area contributed by atoms with Crippen LogP contribution < -0.4 is 20.1 Å². The quantitative estimate of drug-likeness (QED) is 0.724. The van der Waals surface area contributed by atoms with Gasteiger partial charge in [0, 0.05) is 12.6 Å². The van der Waals surface area contributed by atoms with Gasteiger partial charge in [-0.3, -0.25) is 0 Å². The first kappa shape index (κ1) is 20.7. The predicted octanol–water partition coefficient (Wildman–Crippen LogP) is 3.14. The van der Waals surface area contributed by atoms with Crippen LogP contribution in [0.3, 0.4) is 0 Å². The molecule has 4 nitrogen and oxygen atoms in total. The Morgan fingerprint density at radius 2 is 1.82 bits per heavy atom. The monoisotopic (exact) mass is 314 g/mol. The molecule has 0 aliphatic carbocycles. The lowest BCUT2D eigenvalue weighted by Gasteiger charge is -2.17. The number of nitrogens with one attached hydrogen (secondary N) is 2. The largest absolute Gasteiger partial charge is 0.488 e. The lowest BCUT2D eigenvalue weighted by Crippen LogP contribution is -2.22. The summed E-state index contributed by atoms with van der Waals surface area (Å²) in [4.78, 5) is 0. The van der Waals surface area contributed by atoms with Crippen LogP contribution in [-0.2, 0) is 0 Å². The first-order valence-corrected chi connectivity index (χ1v) is 7.85. The summed E-state index contributed by atoms with van der Waals surface area (Å²) >= 11 is 0. The lowest BCUT2D eigenvalue weighted by molar-refractivity contribution is 0.219. The van der Waals surface area contributed by atoms with E-state index in [9.17, 15) is 4.39 Å². The second-order valence-electron chi connectivity index (χ2n) is 5.32. The molecule has 0 amide bonds. The molecule has 0 saturated heterocycles. The van der Waals surface area contributed by atoms with Crippen LogP contribution >= 0.6 is 0 Å². The Morgan fingerprint density at radius 1 is 1.18 bits per heavy atom. The topological polar surface area (TPSA) is 42.5 Å². The van der Waals surface area contributed by atoms with E-state index in [0.717, 1.165) is 25.1 Å². The molecule has 0 heterocycles. The number of hydrogen-bond donors (Lipinski definition) is 2. The van der Waals surface area contributed by atoms with Crippen molar-refractivity contribution in [3.8, 4) is 11.5 Å². The molecule has 0 spiro atoms. The van der Waals surface area contributed by atoms with Crippen LogP contribution in [0.25, 0.3) is 0 Å². The Hall–Kier alpha value is -1.33. The Bertz CT molecular complexity index is 412. The van der Waals surface area contributed by atoms with Gasteiger partial charge in [-0.2, -0.15) is 0 Å². The molecular formula is C17H31FN2O2. The van der Waals surface area contributed by atoms with Crippen LogP contribution in [0.5, 0.6) is 11.5 Å². The van der Waals surface area contributed by atoms with Crippen LogP contribution in [0.4, 0.5) is 4.39 Å². The molecule has 0 aliphatic heterocycles. The van der Waals surface area contributed by atoms with E-state index in [2.05, 4.69) is 17.6 Å². The molecule has 0 bridgehead atoms. The zero-order valence-electron chi connectivity index (χ0n) is 14.8. The molecule has 0 radical (unpaired) electrons. The smallest absolute Gasteiger partial charge is 0.164 e. The fraction of sp³-hybridized carbons (Fsp3) is 0.647. The summed E-state index contributed by atoms with van der Waals surface area (Å²) < 4.78 is 24.7. The Balaban J connectivity index is 0.00000135. The molecule has 5 heteroatoms. The van der Waals surface area contributed by atoms with E-state index in [0.29, 0.717) is 18.1 Å². The van der Waals surface area contributed by atoms with Crippen LogP contribution in [0.1, 0.15) is 32.8 Å². The third-order valence-electron chi connectivity index (χ3n) is 2.52. The molecule has 2 N–H and O–H groups in total. The fourth-order valence-corrected chi connectivity index (χ4v) is 1.75. The summed E-state index contributed by atoms with van der Waals surface area (Å²) in [6, 6.07) is 2.84. The van der Waals surface area contributed by atoms with Crippen LogP contribution in [0.2, 0.25) is 0 Å². The van der Waals surface area contributed by atoms with E-state index in [1.54, 1.807) is 0 Å². The van der Waals surface area contributed by atoms with Gasteiger partial charge in [-0.15, -0.1) is 0 Å². The molecule has 1 aromatic carbocycles. The molecule has 0 fully saturated rings. The molecule has 1 aromatic rings. The molecule has 0 saturated carbocycles. The third kappa shape index (κ3) is 8.85. The van der Waals surface area contributed by atoms with E-state index in [1.807, 2.05) is 34.9 Å². The average Bonchev–Trinajstić information content (AvgIpc) is 2.41. The van der Waals surface area contributed by atoms with Gasteiger partial charge >= 0.3 is 0 Å². The van der Waals surface area contributed by atoms with Crippen molar-refractivity contribution in [2.45, 2.75) is 40.2 Å². The molecule has 0 atom stereocenters. The summed E-state index contributed by atoms with van der Waals surface area (Å²) in [6.07, 6.45) is 1.08.